The third-order valence-electron chi connectivity index (χ3n) is 6.05. The molecule has 0 radical (unpaired) electrons. The highest BCUT2D eigenvalue weighted by Crippen LogP contribution is 2.35. The summed E-state index contributed by atoms with van der Waals surface area (Å²) in [4.78, 5) is 29.8. The number of carbonyl (C=O) groups excluding carboxylic acids is 2. The minimum atomic E-state index is -0.182. The van der Waals surface area contributed by atoms with Gasteiger partial charge in [0.05, 0.1) is 18.2 Å². The van der Waals surface area contributed by atoms with E-state index in [1.54, 1.807) is 0 Å². The highest BCUT2D eigenvalue weighted by Gasteiger charge is 2.34. The van der Waals surface area contributed by atoms with Gasteiger partial charge in [0.2, 0.25) is 5.91 Å². The summed E-state index contributed by atoms with van der Waals surface area (Å²) in [7, 11) is 0. The zero-order chi connectivity index (χ0) is 22.0. The third kappa shape index (κ3) is 4.84. The number of nitrogens with one attached hydrogen (secondary N) is 1. The van der Waals surface area contributed by atoms with Crippen molar-refractivity contribution in [1.29, 1.82) is 0 Å². The third-order valence-corrected chi connectivity index (χ3v) is 6.05. The van der Waals surface area contributed by atoms with Gasteiger partial charge >= 0.3 is 6.03 Å². The summed E-state index contributed by atoms with van der Waals surface area (Å²) >= 11 is 0. The topological polar surface area (TPSA) is 61.9 Å². The van der Waals surface area contributed by atoms with Crippen LogP contribution in [0, 0.1) is 19.8 Å². The van der Waals surface area contributed by atoms with Gasteiger partial charge < -0.3 is 15.0 Å². The first kappa shape index (κ1) is 21.2. The fourth-order valence-corrected chi connectivity index (χ4v) is 4.30. The molecule has 1 fully saturated rings. The minimum absolute atomic E-state index is 0.0182. The Hall–Kier alpha value is -3.02. The van der Waals surface area contributed by atoms with Gasteiger partial charge in [-0.25, -0.2) is 4.79 Å². The molecule has 0 saturated carbocycles. The van der Waals surface area contributed by atoms with E-state index in [0.29, 0.717) is 26.2 Å². The molecule has 0 aliphatic carbocycles. The summed E-state index contributed by atoms with van der Waals surface area (Å²) in [5.74, 6) is 0.574. The molecule has 0 spiro atoms. The number of likely N-dealkylation sites (tertiary alicyclic amines) is 1. The number of fused-ring (bicyclic) bond motifs is 1. The average molecular weight is 422 g/mol. The monoisotopic (exact) mass is 421 g/mol. The molecule has 1 N–H and O–H groups in total. The predicted molar refractivity (Wildman–Crippen MR) is 121 cm³/mol. The molecule has 2 aliphatic rings. The SMILES string of the molecule is Cc1ccc(CNC(=O)[C@H]2CCCN(C(=O)N3C[C@@H](C)Oc4ccc(C)cc43)C2)cc1. The van der Waals surface area contributed by atoms with Crippen molar-refractivity contribution in [3.63, 3.8) is 0 Å². The number of hydrogen-bond donors (Lipinski definition) is 1. The Labute approximate surface area is 184 Å². The molecule has 4 rings (SSSR count). The van der Waals surface area contributed by atoms with Gasteiger partial charge in [-0.15, -0.1) is 0 Å². The maximum absolute atomic E-state index is 13.4. The second-order valence-corrected chi connectivity index (χ2v) is 8.78. The summed E-state index contributed by atoms with van der Waals surface area (Å²) in [5, 5.41) is 3.05. The second-order valence-electron chi connectivity index (χ2n) is 8.78. The van der Waals surface area contributed by atoms with Gasteiger partial charge in [0.25, 0.3) is 0 Å². The van der Waals surface area contributed by atoms with Gasteiger partial charge in [-0.05, 0) is 56.9 Å². The molecular formula is C25H31N3O3. The van der Waals surface area contributed by atoms with Gasteiger partial charge in [0.15, 0.2) is 0 Å². The fraction of sp³-hybridized carbons (Fsp3) is 0.440. The van der Waals surface area contributed by atoms with E-state index in [0.717, 1.165) is 35.4 Å². The van der Waals surface area contributed by atoms with Crippen molar-refractivity contribution >= 4 is 17.6 Å². The molecule has 3 amide bonds. The molecular weight excluding hydrogens is 390 g/mol. The molecule has 0 aromatic heterocycles. The van der Waals surface area contributed by atoms with Crippen LogP contribution in [0.15, 0.2) is 42.5 Å². The van der Waals surface area contributed by atoms with E-state index in [1.165, 1.54) is 5.56 Å². The second kappa shape index (κ2) is 9.00. The summed E-state index contributed by atoms with van der Waals surface area (Å²) in [6, 6.07) is 14.0. The number of nitrogens with zero attached hydrogens (tertiary/aromatic N) is 2. The number of hydrogen-bond acceptors (Lipinski definition) is 3. The van der Waals surface area contributed by atoms with Crippen LogP contribution in [-0.4, -0.2) is 42.6 Å². The van der Waals surface area contributed by atoms with E-state index < -0.39 is 0 Å². The van der Waals surface area contributed by atoms with E-state index in [9.17, 15) is 9.59 Å². The van der Waals surface area contributed by atoms with Gasteiger partial charge in [-0.3, -0.25) is 9.69 Å². The largest absolute Gasteiger partial charge is 0.487 e. The molecule has 164 valence electrons. The molecule has 0 unspecified atom stereocenters. The zero-order valence-electron chi connectivity index (χ0n) is 18.6. The van der Waals surface area contributed by atoms with E-state index in [1.807, 2.05) is 73.0 Å². The van der Waals surface area contributed by atoms with Crippen molar-refractivity contribution < 1.29 is 14.3 Å². The van der Waals surface area contributed by atoms with Crippen LogP contribution in [0.5, 0.6) is 5.75 Å². The predicted octanol–water partition coefficient (Wildman–Crippen LogP) is 4.04. The lowest BCUT2D eigenvalue weighted by molar-refractivity contribution is -0.126. The quantitative estimate of drug-likeness (QED) is 0.814. The zero-order valence-corrected chi connectivity index (χ0v) is 18.6. The fourth-order valence-electron chi connectivity index (χ4n) is 4.30. The summed E-state index contributed by atoms with van der Waals surface area (Å²) in [5.41, 5.74) is 4.18. The van der Waals surface area contributed by atoms with Crippen LogP contribution >= 0.6 is 0 Å². The average Bonchev–Trinajstić information content (AvgIpc) is 2.78. The molecule has 2 aromatic carbocycles. The number of benzene rings is 2. The Morgan fingerprint density at radius 1 is 1.06 bits per heavy atom. The first-order valence-electron chi connectivity index (χ1n) is 11.1. The first-order valence-corrected chi connectivity index (χ1v) is 11.1. The Morgan fingerprint density at radius 2 is 1.81 bits per heavy atom. The number of urea groups is 1. The molecule has 31 heavy (non-hydrogen) atoms. The Kier molecular flexibility index (Phi) is 6.16. The Balaban J connectivity index is 1.41. The van der Waals surface area contributed by atoms with Gasteiger partial charge in [-0.2, -0.15) is 0 Å². The smallest absolute Gasteiger partial charge is 0.324 e. The molecule has 2 aromatic rings. The van der Waals surface area contributed by atoms with Crippen molar-refractivity contribution in [2.75, 3.05) is 24.5 Å². The van der Waals surface area contributed by atoms with Gasteiger partial charge in [0, 0.05) is 19.6 Å². The van der Waals surface area contributed by atoms with Crippen LogP contribution in [0.4, 0.5) is 10.5 Å². The lowest BCUT2D eigenvalue weighted by Crippen LogP contribution is -2.53. The maximum Gasteiger partial charge on any atom is 0.324 e. The molecule has 6 nitrogen and oxygen atoms in total. The van der Waals surface area contributed by atoms with Crippen molar-refractivity contribution in [2.24, 2.45) is 5.92 Å². The van der Waals surface area contributed by atoms with Crippen LogP contribution in [0.2, 0.25) is 0 Å². The number of piperidine rings is 1. The molecule has 2 heterocycles. The van der Waals surface area contributed by atoms with E-state index >= 15 is 0 Å². The van der Waals surface area contributed by atoms with E-state index in [-0.39, 0.29) is 24.0 Å². The summed E-state index contributed by atoms with van der Waals surface area (Å²) in [6.45, 7) is 8.17. The number of rotatable bonds is 3. The maximum atomic E-state index is 13.4. The summed E-state index contributed by atoms with van der Waals surface area (Å²) < 4.78 is 5.92. The normalized spacial score (nSPS) is 20.6. The Bertz CT molecular complexity index is 957. The molecule has 2 aliphatic heterocycles. The number of ether oxygens (including phenoxy) is 1. The van der Waals surface area contributed by atoms with Gasteiger partial charge in [-0.1, -0.05) is 35.9 Å². The van der Waals surface area contributed by atoms with E-state index in [4.69, 9.17) is 4.74 Å². The van der Waals surface area contributed by atoms with Crippen LogP contribution in [0.25, 0.3) is 0 Å². The summed E-state index contributed by atoms with van der Waals surface area (Å²) in [6.07, 6.45) is 1.56. The van der Waals surface area contributed by atoms with Crippen LogP contribution in [0.1, 0.15) is 36.5 Å². The van der Waals surface area contributed by atoms with Crippen molar-refractivity contribution in [3.8, 4) is 5.75 Å². The van der Waals surface area contributed by atoms with Crippen molar-refractivity contribution in [2.45, 2.75) is 46.3 Å². The number of aryl methyl sites for hydroxylation is 2. The lowest BCUT2D eigenvalue weighted by Gasteiger charge is -2.39. The van der Waals surface area contributed by atoms with Crippen LogP contribution < -0.4 is 15.0 Å². The number of amides is 3. The highest BCUT2D eigenvalue weighted by molar-refractivity contribution is 5.95. The van der Waals surface area contributed by atoms with Crippen molar-refractivity contribution in [3.05, 3.63) is 59.2 Å². The van der Waals surface area contributed by atoms with E-state index in [2.05, 4.69) is 5.32 Å². The number of carbonyl (C=O) groups is 2. The van der Waals surface area contributed by atoms with Crippen LogP contribution in [-0.2, 0) is 11.3 Å². The highest BCUT2D eigenvalue weighted by atomic mass is 16.5. The molecule has 6 heteroatoms. The van der Waals surface area contributed by atoms with Crippen LogP contribution in [0.3, 0.4) is 0 Å². The first-order chi connectivity index (χ1) is 14.9. The standard InChI is InChI=1S/C25H31N3O3/c1-17-6-9-20(10-7-17)14-26-24(29)21-5-4-12-27(16-21)25(30)28-15-19(3)31-23-11-8-18(2)13-22(23)28/h6-11,13,19,21H,4-5,12,14-16H2,1-3H3,(H,26,29)/t19-,21+/m1/s1. The Morgan fingerprint density at radius 3 is 2.58 bits per heavy atom. The molecule has 2 atom stereocenters. The molecule has 1 saturated heterocycles. The van der Waals surface area contributed by atoms with Crippen molar-refractivity contribution in [1.82, 2.24) is 10.2 Å². The minimum Gasteiger partial charge on any atom is -0.487 e. The lowest BCUT2D eigenvalue weighted by atomic mass is 9.97. The molecule has 0 bridgehead atoms. The van der Waals surface area contributed by atoms with Gasteiger partial charge in [0.1, 0.15) is 11.9 Å². The number of anilines is 1.